The van der Waals surface area contributed by atoms with Crippen LogP contribution in [0.4, 0.5) is 0 Å². The third-order valence-electron chi connectivity index (χ3n) is 1.64. The van der Waals surface area contributed by atoms with Gasteiger partial charge in [-0.3, -0.25) is 0 Å². The maximum atomic E-state index is 5.32. The lowest BCUT2D eigenvalue weighted by Gasteiger charge is -2.02. The lowest BCUT2D eigenvalue weighted by atomic mass is 10.3. The van der Waals surface area contributed by atoms with E-state index in [4.69, 9.17) is 4.74 Å². The van der Waals surface area contributed by atoms with Crippen molar-refractivity contribution in [2.75, 3.05) is 6.61 Å². The predicted molar refractivity (Wildman–Crippen MR) is 51.7 cm³/mol. The second-order valence-corrected chi connectivity index (χ2v) is 3.95. The van der Waals surface area contributed by atoms with Crippen LogP contribution in [-0.4, -0.2) is 16.1 Å². The van der Waals surface area contributed by atoms with Gasteiger partial charge in [-0.15, -0.1) is 0 Å². The van der Waals surface area contributed by atoms with E-state index in [9.17, 15) is 0 Å². The van der Waals surface area contributed by atoms with Crippen molar-refractivity contribution in [2.45, 2.75) is 13.5 Å². The number of rotatable bonds is 3. The summed E-state index contributed by atoms with van der Waals surface area (Å²) in [6.07, 6.45) is 0. The molecule has 0 N–H and O–H groups in total. The minimum atomic E-state index is 0.00578. The molecule has 0 aliphatic heterocycles. The Labute approximate surface area is 70.2 Å². The van der Waals surface area contributed by atoms with E-state index in [0.29, 0.717) is 0 Å². The fraction of sp³-hybridized carbons (Fsp3) is 0.333. The minimum Gasteiger partial charge on any atom is -0.494 e. The zero-order chi connectivity index (χ0) is 8.10. The Morgan fingerprint density at radius 2 is 1.91 bits per heavy atom. The Balaban J connectivity index is 2.66. The van der Waals surface area contributed by atoms with Crippen LogP contribution in [0.5, 0.6) is 5.75 Å². The molecule has 0 unspecified atom stereocenters. The average molecular weight is 166 g/mol. The van der Waals surface area contributed by atoms with Crippen LogP contribution in [0, 0.1) is 0 Å². The Morgan fingerprint density at radius 1 is 1.27 bits per heavy atom. The number of hydrogen-bond acceptors (Lipinski definition) is 1. The van der Waals surface area contributed by atoms with Crippen LogP contribution in [-0.2, 0) is 0 Å². The van der Waals surface area contributed by atoms with Gasteiger partial charge in [0.2, 0.25) is 0 Å². The Kier molecular flexibility index (Phi) is 3.17. The van der Waals surface area contributed by atoms with Gasteiger partial charge in [0.1, 0.15) is 5.75 Å². The highest BCUT2D eigenvalue weighted by molar-refractivity contribution is 6.51. The highest BCUT2D eigenvalue weighted by atomic mass is 28.2. The van der Waals surface area contributed by atoms with Crippen LogP contribution >= 0.6 is 0 Å². The molecular formula is C9H14OSi. The monoisotopic (exact) mass is 166 g/mol. The third-order valence-corrected chi connectivity index (χ3v) is 2.93. The summed E-state index contributed by atoms with van der Waals surface area (Å²) in [6.45, 7) is 5.04. The lowest BCUT2D eigenvalue weighted by Crippen LogP contribution is -2.08. The Bertz CT molecular complexity index is 205. The first-order chi connectivity index (χ1) is 5.36. The van der Waals surface area contributed by atoms with Crippen LogP contribution in [0.2, 0.25) is 6.55 Å². The molecule has 0 saturated carbocycles. The molecule has 0 aromatic heterocycles. The second kappa shape index (κ2) is 4.19. The smallest absolute Gasteiger partial charge is 0.119 e. The van der Waals surface area contributed by atoms with Crippen molar-refractivity contribution in [3.8, 4) is 5.75 Å². The molecule has 0 fully saturated rings. The Morgan fingerprint density at radius 3 is 2.36 bits per heavy atom. The summed E-state index contributed by atoms with van der Waals surface area (Å²) in [5.74, 6) is 0.985. The van der Waals surface area contributed by atoms with Crippen LogP contribution in [0.3, 0.4) is 0 Å². The molecule has 2 heteroatoms. The molecule has 11 heavy (non-hydrogen) atoms. The fourth-order valence-corrected chi connectivity index (χ4v) is 1.70. The molecule has 1 aromatic carbocycles. The van der Waals surface area contributed by atoms with Crippen molar-refractivity contribution in [3.05, 3.63) is 24.3 Å². The van der Waals surface area contributed by atoms with E-state index < -0.39 is 0 Å². The van der Waals surface area contributed by atoms with Gasteiger partial charge in [-0.05, 0) is 19.1 Å². The molecule has 0 radical (unpaired) electrons. The van der Waals surface area contributed by atoms with Gasteiger partial charge in [0.05, 0.1) is 16.1 Å². The van der Waals surface area contributed by atoms with Gasteiger partial charge in [-0.1, -0.05) is 23.9 Å². The van der Waals surface area contributed by atoms with Crippen LogP contribution in [0.25, 0.3) is 0 Å². The summed E-state index contributed by atoms with van der Waals surface area (Å²) in [6, 6.07) is 8.43. The highest BCUT2D eigenvalue weighted by Crippen LogP contribution is 2.06. The third kappa shape index (κ3) is 2.39. The van der Waals surface area contributed by atoms with Crippen molar-refractivity contribution in [2.24, 2.45) is 0 Å². The van der Waals surface area contributed by atoms with Crippen molar-refractivity contribution in [3.63, 3.8) is 0 Å². The van der Waals surface area contributed by atoms with E-state index in [1.807, 2.05) is 6.92 Å². The van der Waals surface area contributed by atoms with Gasteiger partial charge in [-0.2, -0.15) is 0 Å². The first-order valence-electron chi connectivity index (χ1n) is 4.08. The molecule has 0 aliphatic rings. The molecule has 0 aliphatic carbocycles. The van der Waals surface area contributed by atoms with Crippen molar-refractivity contribution in [1.29, 1.82) is 0 Å². The maximum absolute atomic E-state index is 5.32. The van der Waals surface area contributed by atoms with Gasteiger partial charge < -0.3 is 4.74 Å². The van der Waals surface area contributed by atoms with Crippen molar-refractivity contribution in [1.82, 2.24) is 0 Å². The highest BCUT2D eigenvalue weighted by Gasteiger charge is 1.91. The quantitative estimate of drug-likeness (QED) is 0.607. The number of ether oxygens (including phenoxy) is 1. The van der Waals surface area contributed by atoms with Gasteiger partial charge in [0, 0.05) is 0 Å². The fourth-order valence-electron chi connectivity index (χ4n) is 0.988. The summed E-state index contributed by atoms with van der Waals surface area (Å²) in [4.78, 5) is 0. The molecule has 0 amide bonds. The molecule has 0 saturated heterocycles. The van der Waals surface area contributed by atoms with Crippen LogP contribution in [0.15, 0.2) is 24.3 Å². The first-order valence-corrected chi connectivity index (χ1v) is 6.20. The largest absolute Gasteiger partial charge is 0.494 e. The SMILES string of the molecule is CCOc1ccc([SiH2]C)cc1. The van der Waals surface area contributed by atoms with Gasteiger partial charge in [0.25, 0.3) is 0 Å². The molecular weight excluding hydrogens is 152 g/mol. The summed E-state index contributed by atoms with van der Waals surface area (Å²) < 4.78 is 5.32. The van der Waals surface area contributed by atoms with Crippen molar-refractivity contribution < 1.29 is 4.74 Å². The number of hydrogen-bond donors (Lipinski definition) is 0. The van der Waals surface area contributed by atoms with E-state index in [2.05, 4.69) is 30.8 Å². The van der Waals surface area contributed by atoms with E-state index in [1.165, 1.54) is 5.19 Å². The van der Waals surface area contributed by atoms with Crippen molar-refractivity contribution >= 4 is 14.7 Å². The predicted octanol–water partition coefficient (Wildman–Crippen LogP) is 0.927. The van der Waals surface area contributed by atoms with Gasteiger partial charge in [-0.25, -0.2) is 0 Å². The Hall–Kier alpha value is -0.763. The van der Waals surface area contributed by atoms with E-state index in [0.717, 1.165) is 12.4 Å². The second-order valence-electron chi connectivity index (χ2n) is 2.43. The van der Waals surface area contributed by atoms with Crippen LogP contribution in [0.1, 0.15) is 6.92 Å². The van der Waals surface area contributed by atoms with E-state index in [-0.39, 0.29) is 9.52 Å². The molecule has 60 valence electrons. The molecule has 0 atom stereocenters. The van der Waals surface area contributed by atoms with E-state index >= 15 is 0 Å². The average Bonchev–Trinajstić information content (AvgIpc) is 2.07. The zero-order valence-electron chi connectivity index (χ0n) is 7.13. The summed E-state index contributed by atoms with van der Waals surface area (Å²) in [7, 11) is 0.00578. The maximum Gasteiger partial charge on any atom is 0.119 e. The molecule has 1 aromatic rings. The molecule has 0 bridgehead atoms. The first kappa shape index (κ1) is 8.33. The molecule has 1 rings (SSSR count). The summed E-state index contributed by atoms with van der Waals surface area (Å²) in [5, 5.41) is 1.49. The normalized spacial score (nSPS) is 10.7. The zero-order valence-corrected chi connectivity index (χ0v) is 8.55. The molecule has 0 spiro atoms. The topological polar surface area (TPSA) is 9.23 Å². The van der Waals surface area contributed by atoms with Crippen LogP contribution < -0.4 is 9.92 Å². The van der Waals surface area contributed by atoms with Gasteiger partial charge in [0.15, 0.2) is 0 Å². The summed E-state index contributed by atoms with van der Waals surface area (Å²) >= 11 is 0. The summed E-state index contributed by atoms with van der Waals surface area (Å²) in [5.41, 5.74) is 0. The molecule has 1 nitrogen and oxygen atoms in total. The molecule has 0 heterocycles. The standard InChI is InChI=1S/C9H14OSi/c1-3-10-8-4-6-9(11-2)7-5-8/h4-7H,3,11H2,1-2H3. The lowest BCUT2D eigenvalue weighted by molar-refractivity contribution is 0.340. The minimum absolute atomic E-state index is 0.00578. The number of benzene rings is 1. The van der Waals surface area contributed by atoms with Gasteiger partial charge >= 0.3 is 0 Å². The van der Waals surface area contributed by atoms with E-state index in [1.54, 1.807) is 0 Å².